The number of aryl methyl sites for hydroxylation is 1. The van der Waals surface area contributed by atoms with Crippen LogP contribution >= 0.6 is 11.6 Å². The van der Waals surface area contributed by atoms with Gasteiger partial charge in [-0.25, -0.2) is 4.98 Å². The Morgan fingerprint density at radius 1 is 1.35 bits per heavy atom. The van der Waals surface area contributed by atoms with Crippen LogP contribution in [0.5, 0.6) is 0 Å². The third-order valence-electron chi connectivity index (χ3n) is 4.57. The Kier molecular flexibility index (Phi) is 5.75. The minimum atomic E-state index is 0.603. The van der Waals surface area contributed by atoms with Crippen molar-refractivity contribution in [2.45, 2.75) is 19.4 Å². The van der Waals surface area contributed by atoms with E-state index in [1.807, 2.05) is 0 Å². The first-order chi connectivity index (χ1) is 11.3. The van der Waals surface area contributed by atoms with Gasteiger partial charge in [0.2, 0.25) is 0 Å². The minimum absolute atomic E-state index is 0.603. The van der Waals surface area contributed by atoms with Gasteiger partial charge in [0.25, 0.3) is 0 Å². The number of piperidine rings is 1. The maximum Gasteiger partial charge on any atom is 0.123 e. The van der Waals surface area contributed by atoms with Crippen LogP contribution in [0.1, 0.15) is 18.7 Å². The molecule has 0 aliphatic carbocycles. The third kappa shape index (κ3) is 4.16. The molecule has 23 heavy (non-hydrogen) atoms. The Morgan fingerprint density at radius 3 is 2.96 bits per heavy atom. The van der Waals surface area contributed by atoms with E-state index in [-0.39, 0.29) is 0 Å². The lowest BCUT2D eigenvalue weighted by Gasteiger charge is -2.22. The van der Waals surface area contributed by atoms with Gasteiger partial charge in [0, 0.05) is 25.2 Å². The van der Waals surface area contributed by atoms with Crippen molar-refractivity contribution in [3.63, 3.8) is 0 Å². The monoisotopic (exact) mass is 335 g/mol. The number of aromatic nitrogens is 2. The fraction of sp³-hybridized carbons (Fsp3) is 0.588. The van der Waals surface area contributed by atoms with Crippen LogP contribution in [0.4, 0.5) is 5.69 Å². The summed E-state index contributed by atoms with van der Waals surface area (Å²) in [4.78, 5) is 4.78. The Hall–Kier alpha value is -1.30. The van der Waals surface area contributed by atoms with Crippen LogP contribution in [-0.2, 0) is 13.6 Å². The molecule has 1 saturated heterocycles. The summed E-state index contributed by atoms with van der Waals surface area (Å²) in [6.45, 7) is 4.96. The molecule has 0 atom stereocenters. The number of fused-ring (bicyclic) bond motifs is 1. The largest absolute Gasteiger partial charge is 0.384 e. The maximum atomic E-state index is 5.73. The summed E-state index contributed by atoms with van der Waals surface area (Å²) in [5, 5.41) is 10.3. The smallest absolute Gasteiger partial charge is 0.123 e. The lowest BCUT2D eigenvalue weighted by Crippen LogP contribution is -2.33. The van der Waals surface area contributed by atoms with Gasteiger partial charge in [-0.05, 0) is 56.6 Å². The molecule has 0 amide bonds. The molecule has 126 valence electrons. The number of benzene rings is 1. The number of alkyl halides is 1. The summed E-state index contributed by atoms with van der Waals surface area (Å²) in [5.74, 6) is 2.48. The average Bonchev–Trinajstić information content (AvgIpc) is 2.89. The van der Waals surface area contributed by atoms with Gasteiger partial charge < -0.3 is 20.5 Å². The number of anilines is 1. The van der Waals surface area contributed by atoms with E-state index in [4.69, 9.17) is 16.6 Å². The maximum absolute atomic E-state index is 5.73. The van der Waals surface area contributed by atoms with E-state index < -0.39 is 0 Å². The van der Waals surface area contributed by atoms with Crippen molar-refractivity contribution in [1.82, 2.24) is 20.2 Å². The van der Waals surface area contributed by atoms with Gasteiger partial charge in [-0.2, -0.15) is 0 Å². The Bertz CT molecular complexity index is 633. The van der Waals surface area contributed by atoms with E-state index in [1.165, 1.54) is 18.4 Å². The van der Waals surface area contributed by atoms with Gasteiger partial charge in [-0.1, -0.05) is 0 Å². The van der Waals surface area contributed by atoms with Crippen molar-refractivity contribution in [1.29, 1.82) is 0 Å². The van der Waals surface area contributed by atoms with Crippen molar-refractivity contribution < 1.29 is 0 Å². The molecule has 3 rings (SSSR count). The molecule has 1 aliphatic heterocycles. The molecule has 1 fully saturated rings. The van der Waals surface area contributed by atoms with Crippen molar-refractivity contribution in [2.24, 2.45) is 13.0 Å². The highest BCUT2D eigenvalue weighted by molar-refractivity contribution is 6.18. The first-order valence-electron chi connectivity index (χ1n) is 8.44. The van der Waals surface area contributed by atoms with Crippen LogP contribution in [0.25, 0.3) is 11.0 Å². The van der Waals surface area contributed by atoms with Crippen LogP contribution in [0.15, 0.2) is 18.2 Å². The fourth-order valence-electron chi connectivity index (χ4n) is 3.18. The number of rotatable bonds is 7. The zero-order valence-electron chi connectivity index (χ0n) is 13.7. The summed E-state index contributed by atoms with van der Waals surface area (Å²) >= 11 is 5.73. The van der Waals surface area contributed by atoms with E-state index >= 15 is 0 Å². The second-order valence-electron chi connectivity index (χ2n) is 6.23. The average molecular weight is 336 g/mol. The van der Waals surface area contributed by atoms with Crippen molar-refractivity contribution >= 4 is 28.3 Å². The van der Waals surface area contributed by atoms with Gasteiger partial charge in [-0.3, -0.25) is 0 Å². The van der Waals surface area contributed by atoms with Crippen LogP contribution < -0.4 is 16.0 Å². The summed E-state index contributed by atoms with van der Waals surface area (Å²) in [6.07, 6.45) is 2.54. The SMILES string of the molecule is Cn1c(CNCC2CCNCC2)nc2cc(NCCCl)ccc21. The van der Waals surface area contributed by atoms with Gasteiger partial charge in [-0.15, -0.1) is 11.6 Å². The summed E-state index contributed by atoms with van der Waals surface area (Å²) in [5.41, 5.74) is 3.27. The van der Waals surface area contributed by atoms with Crippen molar-refractivity contribution in [3.05, 3.63) is 24.0 Å². The molecule has 1 aromatic heterocycles. The second-order valence-corrected chi connectivity index (χ2v) is 6.61. The number of halogens is 1. The van der Waals surface area contributed by atoms with E-state index in [2.05, 4.69) is 45.8 Å². The Labute approximate surface area is 142 Å². The lowest BCUT2D eigenvalue weighted by atomic mass is 9.98. The normalized spacial score (nSPS) is 16.1. The van der Waals surface area contributed by atoms with Crippen LogP contribution in [0.3, 0.4) is 0 Å². The van der Waals surface area contributed by atoms with E-state index in [1.54, 1.807) is 0 Å². The van der Waals surface area contributed by atoms with Crippen LogP contribution in [-0.4, -0.2) is 41.6 Å². The quantitative estimate of drug-likeness (QED) is 0.680. The molecule has 0 bridgehead atoms. The molecular formula is C17H26ClN5. The number of hydrogen-bond acceptors (Lipinski definition) is 4. The molecule has 0 saturated carbocycles. The number of imidazole rings is 1. The summed E-state index contributed by atoms with van der Waals surface area (Å²) in [6, 6.07) is 6.30. The molecule has 1 aromatic carbocycles. The number of nitrogens with one attached hydrogen (secondary N) is 3. The van der Waals surface area contributed by atoms with Gasteiger partial charge in [0.15, 0.2) is 0 Å². The minimum Gasteiger partial charge on any atom is -0.384 e. The fourth-order valence-corrected chi connectivity index (χ4v) is 3.28. The second kappa shape index (κ2) is 7.99. The van der Waals surface area contributed by atoms with Gasteiger partial charge >= 0.3 is 0 Å². The number of hydrogen-bond donors (Lipinski definition) is 3. The molecule has 0 unspecified atom stereocenters. The van der Waals surface area contributed by atoms with E-state index in [0.717, 1.165) is 55.7 Å². The third-order valence-corrected chi connectivity index (χ3v) is 4.76. The topological polar surface area (TPSA) is 53.9 Å². The standard InChI is InChI=1S/C17H26ClN5/c1-23-16-3-2-14(21-9-6-18)10-15(16)22-17(23)12-20-11-13-4-7-19-8-5-13/h2-3,10,13,19-21H,4-9,11-12H2,1H3. The summed E-state index contributed by atoms with van der Waals surface area (Å²) < 4.78 is 2.18. The lowest BCUT2D eigenvalue weighted by molar-refractivity contribution is 0.354. The Morgan fingerprint density at radius 2 is 2.17 bits per heavy atom. The first-order valence-corrected chi connectivity index (χ1v) is 8.98. The van der Waals surface area contributed by atoms with E-state index in [9.17, 15) is 0 Å². The highest BCUT2D eigenvalue weighted by atomic mass is 35.5. The van der Waals surface area contributed by atoms with Crippen LogP contribution in [0.2, 0.25) is 0 Å². The molecule has 5 nitrogen and oxygen atoms in total. The van der Waals surface area contributed by atoms with Crippen molar-refractivity contribution in [3.8, 4) is 0 Å². The predicted molar refractivity (Wildman–Crippen MR) is 97.2 cm³/mol. The number of nitrogens with zero attached hydrogens (tertiary/aromatic N) is 2. The molecule has 2 aromatic rings. The predicted octanol–water partition coefficient (Wildman–Crippen LogP) is 2.31. The molecule has 0 spiro atoms. The highest BCUT2D eigenvalue weighted by Gasteiger charge is 2.13. The van der Waals surface area contributed by atoms with Gasteiger partial charge in [0.05, 0.1) is 17.6 Å². The van der Waals surface area contributed by atoms with Crippen molar-refractivity contribution in [2.75, 3.05) is 37.4 Å². The first kappa shape index (κ1) is 16.6. The molecular weight excluding hydrogens is 310 g/mol. The zero-order valence-corrected chi connectivity index (χ0v) is 14.5. The zero-order chi connectivity index (χ0) is 16.1. The molecule has 2 heterocycles. The molecule has 6 heteroatoms. The van der Waals surface area contributed by atoms with Crippen LogP contribution in [0, 0.1) is 5.92 Å². The summed E-state index contributed by atoms with van der Waals surface area (Å²) in [7, 11) is 2.09. The highest BCUT2D eigenvalue weighted by Crippen LogP contribution is 2.20. The molecule has 3 N–H and O–H groups in total. The van der Waals surface area contributed by atoms with E-state index in [0.29, 0.717) is 5.88 Å². The Balaban J connectivity index is 1.62. The molecule has 1 aliphatic rings. The molecule has 0 radical (unpaired) electrons. The van der Waals surface area contributed by atoms with Gasteiger partial charge in [0.1, 0.15) is 5.82 Å².